The van der Waals surface area contributed by atoms with Gasteiger partial charge in [-0.05, 0) is 67.2 Å². The quantitative estimate of drug-likeness (QED) is 0.577. The summed E-state index contributed by atoms with van der Waals surface area (Å²) in [7, 11) is 0. The van der Waals surface area contributed by atoms with Gasteiger partial charge >= 0.3 is 0 Å². The predicted octanol–water partition coefficient (Wildman–Crippen LogP) is 6.48. The molecular formula is C21H22N2. The Balaban J connectivity index is 1.84. The summed E-state index contributed by atoms with van der Waals surface area (Å²) >= 11 is 0. The highest BCUT2D eigenvalue weighted by molar-refractivity contribution is 5.79. The Morgan fingerprint density at radius 1 is 0.826 bits per heavy atom. The lowest BCUT2D eigenvalue weighted by Crippen LogP contribution is -1.93. The molecule has 0 amide bonds. The molecule has 3 rings (SSSR count). The molecule has 0 aromatic heterocycles. The second kappa shape index (κ2) is 6.74. The first-order valence-corrected chi connectivity index (χ1v) is 8.04. The molecule has 2 heteroatoms. The molecule has 0 N–H and O–H groups in total. The number of benzene rings is 2. The molecule has 1 aliphatic rings. The van der Waals surface area contributed by atoms with E-state index in [1.54, 1.807) is 0 Å². The van der Waals surface area contributed by atoms with Gasteiger partial charge in [-0.2, -0.15) is 10.2 Å². The summed E-state index contributed by atoms with van der Waals surface area (Å²) < 4.78 is 0. The molecule has 0 fully saturated rings. The molecule has 0 unspecified atom stereocenters. The summed E-state index contributed by atoms with van der Waals surface area (Å²) in [6, 6.07) is 18.4. The number of hydrogen-bond donors (Lipinski definition) is 0. The SMILES string of the molecule is CC1=C(C)C(C)=C(c2ccccc2CN=Nc2ccccc2)C1. The van der Waals surface area contributed by atoms with Crippen LogP contribution in [0.25, 0.3) is 5.57 Å². The maximum atomic E-state index is 4.40. The van der Waals surface area contributed by atoms with E-state index >= 15 is 0 Å². The Hall–Kier alpha value is -2.48. The molecule has 0 radical (unpaired) electrons. The molecule has 0 bridgehead atoms. The topological polar surface area (TPSA) is 24.7 Å². The van der Waals surface area contributed by atoms with E-state index in [2.05, 4.69) is 55.3 Å². The monoisotopic (exact) mass is 302 g/mol. The molecule has 2 nitrogen and oxygen atoms in total. The van der Waals surface area contributed by atoms with Gasteiger partial charge in [0, 0.05) is 0 Å². The Morgan fingerprint density at radius 2 is 1.52 bits per heavy atom. The predicted molar refractivity (Wildman–Crippen MR) is 96.7 cm³/mol. The summed E-state index contributed by atoms with van der Waals surface area (Å²) in [6.45, 7) is 7.28. The number of nitrogens with zero attached hydrogens (tertiary/aromatic N) is 2. The minimum Gasteiger partial charge on any atom is -0.184 e. The van der Waals surface area contributed by atoms with Gasteiger partial charge in [-0.15, -0.1) is 0 Å². The molecule has 0 aliphatic heterocycles. The van der Waals surface area contributed by atoms with Crippen LogP contribution in [0.2, 0.25) is 0 Å². The van der Waals surface area contributed by atoms with Crippen molar-refractivity contribution in [2.45, 2.75) is 33.7 Å². The van der Waals surface area contributed by atoms with Gasteiger partial charge in [0.25, 0.3) is 0 Å². The number of azo groups is 1. The third-order valence-corrected chi connectivity index (χ3v) is 4.62. The van der Waals surface area contributed by atoms with Crippen molar-refractivity contribution in [2.75, 3.05) is 0 Å². The van der Waals surface area contributed by atoms with Crippen LogP contribution in [0.3, 0.4) is 0 Å². The van der Waals surface area contributed by atoms with Crippen LogP contribution >= 0.6 is 0 Å². The Morgan fingerprint density at radius 3 is 2.22 bits per heavy atom. The van der Waals surface area contributed by atoms with Gasteiger partial charge in [0.2, 0.25) is 0 Å². The van der Waals surface area contributed by atoms with E-state index in [-0.39, 0.29) is 0 Å². The lowest BCUT2D eigenvalue weighted by molar-refractivity contribution is 0.954. The van der Waals surface area contributed by atoms with Gasteiger partial charge in [-0.1, -0.05) is 48.0 Å². The first-order chi connectivity index (χ1) is 11.2. The van der Waals surface area contributed by atoms with Crippen molar-refractivity contribution in [2.24, 2.45) is 10.2 Å². The summed E-state index contributed by atoms with van der Waals surface area (Å²) in [5, 5.41) is 8.71. The zero-order chi connectivity index (χ0) is 16.2. The molecule has 2 aromatic carbocycles. The highest BCUT2D eigenvalue weighted by atomic mass is 15.1. The van der Waals surface area contributed by atoms with Crippen LogP contribution in [0.4, 0.5) is 5.69 Å². The Labute approximate surface area is 138 Å². The summed E-state index contributed by atoms with van der Waals surface area (Å²) in [6.07, 6.45) is 1.05. The fraction of sp³-hybridized carbons (Fsp3) is 0.238. The van der Waals surface area contributed by atoms with E-state index in [0.717, 1.165) is 12.1 Å². The smallest absolute Gasteiger partial charge is 0.0859 e. The first-order valence-electron chi connectivity index (χ1n) is 8.04. The van der Waals surface area contributed by atoms with Gasteiger partial charge in [0.1, 0.15) is 0 Å². The van der Waals surface area contributed by atoms with Gasteiger partial charge in [-0.3, -0.25) is 0 Å². The first kappa shape index (κ1) is 15.4. The number of allylic oxidation sites excluding steroid dienone is 4. The molecule has 0 atom stereocenters. The van der Waals surface area contributed by atoms with Crippen LogP contribution in [0.15, 0.2) is 81.5 Å². The molecular weight excluding hydrogens is 280 g/mol. The van der Waals surface area contributed by atoms with Crippen LogP contribution in [-0.2, 0) is 6.54 Å². The molecule has 0 saturated heterocycles. The highest BCUT2D eigenvalue weighted by Gasteiger charge is 2.18. The molecule has 0 saturated carbocycles. The third kappa shape index (κ3) is 3.31. The van der Waals surface area contributed by atoms with Crippen LogP contribution in [0, 0.1) is 0 Å². The number of hydrogen-bond acceptors (Lipinski definition) is 2. The van der Waals surface area contributed by atoms with Crippen LogP contribution in [0.1, 0.15) is 38.3 Å². The van der Waals surface area contributed by atoms with Crippen LogP contribution in [0.5, 0.6) is 0 Å². The largest absolute Gasteiger partial charge is 0.184 e. The van der Waals surface area contributed by atoms with Crippen molar-refractivity contribution in [3.63, 3.8) is 0 Å². The molecule has 0 spiro atoms. The summed E-state index contributed by atoms with van der Waals surface area (Å²) in [5.41, 5.74) is 9.20. The third-order valence-electron chi connectivity index (χ3n) is 4.62. The molecule has 2 aromatic rings. The van der Waals surface area contributed by atoms with Gasteiger partial charge in [0.05, 0.1) is 12.2 Å². The van der Waals surface area contributed by atoms with E-state index in [9.17, 15) is 0 Å². The second-order valence-electron chi connectivity index (χ2n) is 6.08. The molecule has 0 heterocycles. The summed E-state index contributed by atoms with van der Waals surface area (Å²) in [4.78, 5) is 0. The number of rotatable bonds is 4. The maximum Gasteiger partial charge on any atom is 0.0859 e. The van der Waals surface area contributed by atoms with Crippen molar-refractivity contribution in [3.05, 3.63) is 82.4 Å². The Kier molecular flexibility index (Phi) is 4.52. The fourth-order valence-corrected chi connectivity index (χ4v) is 3.01. The minimum absolute atomic E-state index is 0.611. The second-order valence-corrected chi connectivity index (χ2v) is 6.08. The van der Waals surface area contributed by atoms with Crippen LogP contribution in [-0.4, -0.2) is 0 Å². The van der Waals surface area contributed by atoms with Crippen molar-refractivity contribution >= 4 is 11.3 Å². The average Bonchev–Trinajstić information content (AvgIpc) is 2.84. The molecule has 116 valence electrons. The van der Waals surface area contributed by atoms with E-state index in [4.69, 9.17) is 0 Å². The fourth-order valence-electron chi connectivity index (χ4n) is 3.01. The minimum atomic E-state index is 0.611. The van der Waals surface area contributed by atoms with Gasteiger partial charge in [-0.25, -0.2) is 0 Å². The van der Waals surface area contributed by atoms with E-state index < -0.39 is 0 Å². The van der Waals surface area contributed by atoms with Crippen molar-refractivity contribution in [3.8, 4) is 0 Å². The van der Waals surface area contributed by atoms with E-state index in [0.29, 0.717) is 6.54 Å². The lowest BCUT2D eigenvalue weighted by atomic mass is 9.95. The summed E-state index contributed by atoms with van der Waals surface area (Å²) in [5.74, 6) is 0. The average molecular weight is 302 g/mol. The normalized spacial score (nSPS) is 15.1. The van der Waals surface area contributed by atoms with Crippen molar-refractivity contribution < 1.29 is 0 Å². The zero-order valence-electron chi connectivity index (χ0n) is 14.0. The van der Waals surface area contributed by atoms with E-state index in [1.807, 2.05) is 30.3 Å². The van der Waals surface area contributed by atoms with Gasteiger partial charge < -0.3 is 0 Å². The highest BCUT2D eigenvalue weighted by Crippen LogP contribution is 2.38. The zero-order valence-corrected chi connectivity index (χ0v) is 14.0. The lowest BCUT2D eigenvalue weighted by Gasteiger charge is -2.10. The van der Waals surface area contributed by atoms with Crippen LogP contribution < -0.4 is 0 Å². The Bertz CT molecular complexity index is 796. The molecule has 1 aliphatic carbocycles. The molecule has 23 heavy (non-hydrogen) atoms. The standard InChI is InChI=1S/C21H22N2/c1-15-13-21(17(3)16(15)2)20-12-8-7-9-18(20)14-22-23-19-10-5-4-6-11-19/h4-12H,13-14H2,1-3H3. The van der Waals surface area contributed by atoms with E-state index in [1.165, 1.54) is 33.4 Å². The van der Waals surface area contributed by atoms with Gasteiger partial charge in [0.15, 0.2) is 0 Å². The maximum absolute atomic E-state index is 4.40. The van der Waals surface area contributed by atoms with Crippen molar-refractivity contribution in [1.82, 2.24) is 0 Å². The van der Waals surface area contributed by atoms with Crippen molar-refractivity contribution in [1.29, 1.82) is 0 Å².